The van der Waals surface area contributed by atoms with Crippen LogP contribution in [0.3, 0.4) is 0 Å². The van der Waals surface area contributed by atoms with Crippen molar-refractivity contribution in [1.29, 1.82) is 0 Å². The van der Waals surface area contributed by atoms with Gasteiger partial charge < -0.3 is 19.5 Å². The van der Waals surface area contributed by atoms with Crippen LogP contribution in [0.1, 0.15) is 19.3 Å². The number of nitrogens with zero attached hydrogens (tertiary/aromatic N) is 1. The summed E-state index contributed by atoms with van der Waals surface area (Å²) in [5.41, 5.74) is 2.62. The van der Waals surface area contributed by atoms with E-state index < -0.39 is 6.10 Å². The highest BCUT2D eigenvalue weighted by Crippen LogP contribution is 2.56. The van der Waals surface area contributed by atoms with Crippen LogP contribution in [0, 0.1) is 5.41 Å². The summed E-state index contributed by atoms with van der Waals surface area (Å²) in [5.74, 6) is 1.71. The van der Waals surface area contributed by atoms with Crippen LogP contribution in [0.25, 0.3) is 0 Å². The quantitative estimate of drug-likeness (QED) is 0.754. The monoisotopic (exact) mass is 301 g/mol. The second-order valence-corrected chi connectivity index (χ2v) is 6.78. The van der Waals surface area contributed by atoms with E-state index in [-0.39, 0.29) is 11.5 Å². The molecule has 3 atom stereocenters. The van der Waals surface area contributed by atoms with Gasteiger partial charge in [0, 0.05) is 18.5 Å². The average molecular weight is 301 g/mol. The first-order chi connectivity index (χ1) is 10.6. The maximum Gasteiger partial charge on any atom is 0.165 e. The summed E-state index contributed by atoms with van der Waals surface area (Å²) < 4.78 is 11.9. The summed E-state index contributed by atoms with van der Waals surface area (Å²) in [6.07, 6.45) is 10.5. The van der Waals surface area contributed by atoms with Crippen LogP contribution in [0.2, 0.25) is 0 Å². The van der Waals surface area contributed by atoms with Gasteiger partial charge in [-0.2, -0.15) is 0 Å². The number of aliphatic hydroxyl groups is 1. The molecule has 1 saturated heterocycles. The maximum atomic E-state index is 10.0. The largest absolute Gasteiger partial charge is 0.493 e. The molecule has 2 aliphatic heterocycles. The smallest absolute Gasteiger partial charge is 0.165 e. The van der Waals surface area contributed by atoms with Crippen molar-refractivity contribution < 1.29 is 14.6 Å². The third-order valence-electron chi connectivity index (χ3n) is 5.40. The number of likely N-dealkylation sites (N-methyl/N-ethyl adjacent to an activating group) is 1. The number of hydrogen-bond donors (Lipinski definition) is 1. The minimum atomic E-state index is -0.412. The van der Waals surface area contributed by atoms with E-state index in [4.69, 9.17) is 9.47 Å². The molecule has 0 aromatic carbocycles. The Kier molecular flexibility index (Phi) is 3.20. The Bertz CT molecular complexity index is 616. The molecule has 0 aromatic rings. The van der Waals surface area contributed by atoms with Gasteiger partial charge in [0.1, 0.15) is 6.10 Å². The highest BCUT2D eigenvalue weighted by atomic mass is 16.5. The first-order valence-electron chi connectivity index (χ1n) is 8.04. The molecule has 0 saturated carbocycles. The predicted molar refractivity (Wildman–Crippen MR) is 84.0 cm³/mol. The summed E-state index contributed by atoms with van der Waals surface area (Å²) in [5, 5.41) is 10.0. The topological polar surface area (TPSA) is 41.9 Å². The van der Waals surface area contributed by atoms with Crippen LogP contribution < -0.4 is 0 Å². The molecule has 0 radical (unpaired) electrons. The number of methoxy groups -OCH3 is 1. The Morgan fingerprint density at radius 2 is 2.32 bits per heavy atom. The van der Waals surface area contributed by atoms with Gasteiger partial charge in [-0.3, -0.25) is 0 Å². The molecule has 4 aliphatic rings. The highest BCUT2D eigenvalue weighted by molar-refractivity contribution is 5.52. The molecular formula is C18H23NO3. The maximum absolute atomic E-state index is 10.0. The number of ether oxygens (including phenoxy) is 2. The predicted octanol–water partition coefficient (Wildman–Crippen LogP) is 2.14. The first-order valence-corrected chi connectivity index (χ1v) is 8.04. The second kappa shape index (κ2) is 5.00. The van der Waals surface area contributed by atoms with Gasteiger partial charge in [0.15, 0.2) is 11.5 Å². The lowest BCUT2D eigenvalue weighted by molar-refractivity contribution is 0.0363. The van der Waals surface area contributed by atoms with Crippen LogP contribution in [-0.4, -0.2) is 49.5 Å². The van der Waals surface area contributed by atoms with Gasteiger partial charge in [-0.05, 0) is 38.1 Å². The number of allylic oxidation sites excluding steroid dienone is 3. The van der Waals surface area contributed by atoms with Crippen LogP contribution in [0.5, 0.6) is 0 Å². The summed E-state index contributed by atoms with van der Waals surface area (Å²) in [4.78, 5) is 2.38. The van der Waals surface area contributed by atoms with E-state index in [0.717, 1.165) is 37.4 Å². The zero-order valence-corrected chi connectivity index (χ0v) is 13.2. The normalized spacial score (nSPS) is 37.4. The van der Waals surface area contributed by atoms with Gasteiger partial charge in [0.2, 0.25) is 0 Å². The van der Waals surface area contributed by atoms with Gasteiger partial charge in [0.25, 0.3) is 0 Å². The molecule has 1 spiro atoms. The van der Waals surface area contributed by atoms with Crippen molar-refractivity contribution in [3.63, 3.8) is 0 Å². The third-order valence-corrected chi connectivity index (χ3v) is 5.40. The number of aliphatic hydroxyl groups excluding tert-OH is 1. The van der Waals surface area contributed by atoms with Gasteiger partial charge in [-0.15, -0.1) is 0 Å². The van der Waals surface area contributed by atoms with Gasteiger partial charge in [-0.25, -0.2) is 0 Å². The fourth-order valence-corrected chi connectivity index (χ4v) is 4.32. The minimum absolute atomic E-state index is 0.00986. The Hall–Kier alpha value is -1.52. The van der Waals surface area contributed by atoms with Crippen molar-refractivity contribution in [1.82, 2.24) is 4.90 Å². The molecule has 0 aromatic heterocycles. The number of hydrogen-bond acceptors (Lipinski definition) is 4. The van der Waals surface area contributed by atoms with Crippen molar-refractivity contribution in [2.75, 3.05) is 27.2 Å². The van der Waals surface area contributed by atoms with E-state index in [1.54, 1.807) is 7.11 Å². The van der Waals surface area contributed by atoms with E-state index in [1.165, 1.54) is 11.1 Å². The molecule has 0 amide bonds. The molecule has 1 fully saturated rings. The molecule has 1 N–H and O–H groups in total. The van der Waals surface area contributed by atoms with Crippen LogP contribution in [-0.2, 0) is 9.47 Å². The molecule has 4 heteroatoms. The molecule has 0 unspecified atom stereocenters. The summed E-state index contributed by atoms with van der Waals surface area (Å²) in [7, 11) is 3.88. The van der Waals surface area contributed by atoms with Crippen molar-refractivity contribution in [2.24, 2.45) is 5.41 Å². The number of rotatable bonds is 1. The van der Waals surface area contributed by atoms with Crippen molar-refractivity contribution in [2.45, 2.75) is 31.5 Å². The Morgan fingerprint density at radius 1 is 1.45 bits per heavy atom. The highest BCUT2D eigenvalue weighted by Gasteiger charge is 2.54. The molecule has 118 valence electrons. The van der Waals surface area contributed by atoms with Crippen LogP contribution in [0.15, 0.2) is 47.0 Å². The summed E-state index contributed by atoms with van der Waals surface area (Å²) in [6.45, 7) is 2.00. The van der Waals surface area contributed by atoms with E-state index in [0.29, 0.717) is 6.42 Å². The first kappa shape index (κ1) is 14.1. The molecule has 22 heavy (non-hydrogen) atoms. The van der Waals surface area contributed by atoms with Crippen molar-refractivity contribution in [3.8, 4) is 0 Å². The zero-order chi connectivity index (χ0) is 15.3. The van der Waals surface area contributed by atoms with E-state index in [2.05, 4.69) is 24.1 Å². The van der Waals surface area contributed by atoms with E-state index >= 15 is 0 Å². The average Bonchev–Trinajstić information content (AvgIpc) is 2.62. The fraction of sp³-hybridized carbons (Fsp3) is 0.556. The molecule has 0 bridgehead atoms. The van der Waals surface area contributed by atoms with Crippen molar-refractivity contribution >= 4 is 0 Å². The summed E-state index contributed by atoms with van der Waals surface area (Å²) >= 11 is 0. The Morgan fingerprint density at radius 3 is 3.14 bits per heavy atom. The van der Waals surface area contributed by atoms with Gasteiger partial charge in [-0.1, -0.05) is 18.2 Å². The molecule has 2 aliphatic carbocycles. The molecular weight excluding hydrogens is 278 g/mol. The van der Waals surface area contributed by atoms with Gasteiger partial charge in [0.05, 0.1) is 18.6 Å². The summed E-state index contributed by atoms with van der Waals surface area (Å²) in [6, 6.07) is 0. The molecule has 2 heterocycles. The second-order valence-electron chi connectivity index (χ2n) is 6.78. The molecule has 4 nitrogen and oxygen atoms in total. The lowest BCUT2D eigenvalue weighted by Gasteiger charge is -2.35. The van der Waals surface area contributed by atoms with Crippen molar-refractivity contribution in [3.05, 3.63) is 47.0 Å². The third kappa shape index (κ3) is 1.90. The minimum Gasteiger partial charge on any atom is -0.493 e. The lowest BCUT2D eigenvalue weighted by atomic mass is 9.68. The zero-order valence-electron chi connectivity index (χ0n) is 13.2. The van der Waals surface area contributed by atoms with E-state index in [9.17, 15) is 5.11 Å². The fourth-order valence-electron chi connectivity index (χ4n) is 4.32. The van der Waals surface area contributed by atoms with E-state index in [1.807, 2.05) is 12.2 Å². The van der Waals surface area contributed by atoms with Crippen LogP contribution >= 0.6 is 0 Å². The molecule has 4 rings (SSSR count). The lowest BCUT2D eigenvalue weighted by Crippen LogP contribution is -2.38. The van der Waals surface area contributed by atoms with Gasteiger partial charge >= 0.3 is 0 Å². The Labute approximate surface area is 131 Å². The standard InChI is InChI=1S/C18H23NO3/c1-19-9-8-18-7-6-13(20)10-15(18)22-17-14(21-2)5-3-4-12(11-19)16(17)18/h3,5-7,13,15,20H,4,8-11H2,1-2H3/t13-,15-,18-/m0/s1. The Balaban J connectivity index is 1.94. The SMILES string of the molecule is COC1=C2O[C@H]3C[C@@H](O)C=C[C@]34CCN(C)CC(=C24)CC=C1. The van der Waals surface area contributed by atoms with Crippen LogP contribution in [0.4, 0.5) is 0 Å².